The molecule has 1 aliphatic carbocycles. The molecule has 0 radical (unpaired) electrons. The molecule has 2 rings (SSSR count). The van der Waals surface area contributed by atoms with Gasteiger partial charge in [-0.05, 0) is 38.9 Å². The summed E-state index contributed by atoms with van der Waals surface area (Å²) < 4.78 is 5.15. The number of methoxy groups -OCH3 is 1. The Bertz CT molecular complexity index is 349. The van der Waals surface area contributed by atoms with Gasteiger partial charge in [0.1, 0.15) is 0 Å². The van der Waals surface area contributed by atoms with E-state index >= 15 is 0 Å². The van der Waals surface area contributed by atoms with Gasteiger partial charge in [-0.1, -0.05) is 6.07 Å². The molecule has 1 aromatic rings. The number of hydrogen-bond donors (Lipinski definition) is 0. The SMILES string of the molecule is COc1ccc2c(n1)CCCC2N(C)C. The second-order valence-corrected chi connectivity index (χ2v) is 4.26. The molecular weight excluding hydrogens is 188 g/mol. The molecule has 3 nitrogen and oxygen atoms in total. The van der Waals surface area contributed by atoms with Gasteiger partial charge in [-0.15, -0.1) is 0 Å². The average molecular weight is 206 g/mol. The van der Waals surface area contributed by atoms with Gasteiger partial charge >= 0.3 is 0 Å². The normalized spacial score (nSPS) is 20.1. The molecule has 82 valence electrons. The van der Waals surface area contributed by atoms with Crippen LogP contribution in [0, 0.1) is 0 Å². The van der Waals surface area contributed by atoms with Crippen molar-refractivity contribution in [1.29, 1.82) is 0 Å². The first-order valence-corrected chi connectivity index (χ1v) is 5.42. The van der Waals surface area contributed by atoms with Crippen molar-refractivity contribution in [1.82, 2.24) is 9.88 Å². The Balaban J connectivity index is 2.36. The molecule has 1 aromatic heterocycles. The maximum absolute atomic E-state index is 5.15. The smallest absolute Gasteiger partial charge is 0.213 e. The summed E-state index contributed by atoms with van der Waals surface area (Å²) in [6.45, 7) is 0. The summed E-state index contributed by atoms with van der Waals surface area (Å²) in [7, 11) is 5.93. The molecule has 0 aromatic carbocycles. The first-order chi connectivity index (χ1) is 7.22. The van der Waals surface area contributed by atoms with Gasteiger partial charge in [0.2, 0.25) is 5.88 Å². The number of hydrogen-bond acceptors (Lipinski definition) is 3. The molecule has 0 spiro atoms. The lowest BCUT2D eigenvalue weighted by atomic mass is 9.90. The molecule has 15 heavy (non-hydrogen) atoms. The summed E-state index contributed by atoms with van der Waals surface area (Å²) in [4.78, 5) is 6.79. The zero-order valence-corrected chi connectivity index (χ0v) is 9.66. The van der Waals surface area contributed by atoms with E-state index in [1.165, 1.54) is 24.1 Å². The fourth-order valence-corrected chi connectivity index (χ4v) is 2.26. The van der Waals surface area contributed by atoms with Gasteiger partial charge in [0, 0.05) is 17.8 Å². The van der Waals surface area contributed by atoms with Gasteiger partial charge in [0.15, 0.2) is 0 Å². The highest BCUT2D eigenvalue weighted by molar-refractivity contribution is 5.30. The first-order valence-electron chi connectivity index (χ1n) is 5.42. The van der Waals surface area contributed by atoms with Crippen molar-refractivity contribution in [2.75, 3.05) is 21.2 Å². The fourth-order valence-electron chi connectivity index (χ4n) is 2.26. The molecule has 1 unspecified atom stereocenters. The summed E-state index contributed by atoms with van der Waals surface area (Å²) in [5.74, 6) is 0.730. The molecule has 1 heterocycles. The average Bonchev–Trinajstić information content (AvgIpc) is 2.27. The van der Waals surface area contributed by atoms with Gasteiger partial charge in [0.05, 0.1) is 7.11 Å². The van der Waals surface area contributed by atoms with Crippen molar-refractivity contribution in [3.63, 3.8) is 0 Å². The zero-order valence-electron chi connectivity index (χ0n) is 9.66. The Morgan fingerprint density at radius 3 is 2.87 bits per heavy atom. The van der Waals surface area contributed by atoms with E-state index in [1.54, 1.807) is 7.11 Å². The van der Waals surface area contributed by atoms with Crippen molar-refractivity contribution >= 4 is 0 Å². The minimum Gasteiger partial charge on any atom is -0.481 e. The van der Waals surface area contributed by atoms with E-state index < -0.39 is 0 Å². The number of ether oxygens (including phenoxy) is 1. The third-order valence-electron chi connectivity index (χ3n) is 3.07. The molecular formula is C12H18N2O. The van der Waals surface area contributed by atoms with Crippen LogP contribution in [0.4, 0.5) is 0 Å². The van der Waals surface area contributed by atoms with E-state index in [4.69, 9.17) is 4.74 Å². The van der Waals surface area contributed by atoms with Crippen molar-refractivity contribution in [3.8, 4) is 5.88 Å². The molecule has 0 fully saturated rings. The van der Waals surface area contributed by atoms with E-state index in [1.807, 2.05) is 6.07 Å². The van der Waals surface area contributed by atoms with Gasteiger partial charge < -0.3 is 9.64 Å². The van der Waals surface area contributed by atoms with Crippen LogP contribution in [0.3, 0.4) is 0 Å². The number of nitrogens with zero attached hydrogens (tertiary/aromatic N) is 2. The Labute approximate surface area is 91.1 Å². The second kappa shape index (κ2) is 4.19. The van der Waals surface area contributed by atoms with Crippen molar-refractivity contribution in [3.05, 3.63) is 23.4 Å². The molecule has 0 saturated carbocycles. The predicted octanol–water partition coefficient (Wildman–Crippen LogP) is 2.03. The minimum absolute atomic E-state index is 0.521. The molecule has 0 saturated heterocycles. The monoisotopic (exact) mass is 206 g/mol. The number of aryl methyl sites for hydroxylation is 1. The summed E-state index contributed by atoms with van der Waals surface area (Å²) >= 11 is 0. The Morgan fingerprint density at radius 1 is 1.40 bits per heavy atom. The minimum atomic E-state index is 0.521. The maximum Gasteiger partial charge on any atom is 0.213 e. The van der Waals surface area contributed by atoms with Crippen LogP contribution in [-0.4, -0.2) is 31.1 Å². The van der Waals surface area contributed by atoms with Crippen molar-refractivity contribution < 1.29 is 4.74 Å². The van der Waals surface area contributed by atoms with E-state index in [2.05, 4.69) is 30.0 Å². The fraction of sp³-hybridized carbons (Fsp3) is 0.583. The Kier molecular flexibility index (Phi) is 2.91. The molecule has 3 heteroatoms. The van der Waals surface area contributed by atoms with Gasteiger partial charge in [-0.25, -0.2) is 4.98 Å². The third-order valence-corrected chi connectivity index (χ3v) is 3.07. The largest absolute Gasteiger partial charge is 0.481 e. The van der Waals surface area contributed by atoms with Crippen LogP contribution in [0.1, 0.15) is 30.1 Å². The Hall–Kier alpha value is -1.09. The summed E-state index contributed by atoms with van der Waals surface area (Å²) in [5.41, 5.74) is 2.58. The highest BCUT2D eigenvalue weighted by atomic mass is 16.5. The molecule has 1 aliphatic rings. The number of rotatable bonds is 2. The second-order valence-electron chi connectivity index (χ2n) is 4.26. The summed E-state index contributed by atoms with van der Waals surface area (Å²) in [5, 5.41) is 0. The molecule has 0 bridgehead atoms. The standard InChI is InChI=1S/C12H18N2O/c1-14(2)11-6-4-5-10-9(11)7-8-12(13-10)15-3/h7-8,11H,4-6H2,1-3H3. The number of fused-ring (bicyclic) bond motifs is 1. The maximum atomic E-state index is 5.15. The van der Waals surface area contributed by atoms with Crippen LogP contribution in [0.15, 0.2) is 12.1 Å². The van der Waals surface area contributed by atoms with E-state index in [9.17, 15) is 0 Å². The number of pyridine rings is 1. The van der Waals surface area contributed by atoms with Gasteiger partial charge in [-0.3, -0.25) is 0 Å². The lowest BCUT2D eigenvalue weighted by Crippen LogP contribution is -2.24. The molecule has 0 amide bonds. The highest BCUT2D eigenvalue weighted by Crippen LogP contribution is 2.32. The van der Waals surface area contributed by atoms with Crippen LogP contribution in [0.25, 0.3) is 0 Å². The summed E-state index contributed by atoms with van der Waals surface area (Å²) in [6.07, 6.45) is 3.53. The topological polar surface area (TPSA) is 25.4 Å². The third kappa shape index (κ3) is 1.97. The quantitative estimate of drug-likeness (QED) is 0.740. The van der Waals surface area contributed by atoms with E-state index in [-0.39, 0.29) is 0 Å². The summed E-state index contributed by atoms with van der Waals surface area (Å²) in [6, 6.07) is 4.64. The molecule has 1 atom stereocenters. The van der Waals surface area contributed by atoms with Crippen LogP contribution >= 0.6 is 0 Å². The van der Waals surface area contributed by atoms with Gasteiger partial charge in [-0.2, -0.15) is 0 Å². The lowest BCUT2D eigenvalue weighted by Gasteiger charge is -2.30. The number of aromatic nitrogens is 1. The molecule has 0 aliphatic heterocycles. The van der Waals surface area contributed by atoms with E-state index in [0.29, 0.717) is 6.04 Å². The van der Waals surface area contributed by atoms with Crippen LogP contribution in [0.2, 0.25) is 0 Å². The zero-order chi connectivity index (χ0) is 10.8. The van der Waals surface area contributed by atoms with Crippen LogP contribution in [-0.2, 0) is 6.42 Å². The van der Waals surface area contributed by atoms with Crippen LogP contribution < -0.4 is 4.74 Å². The van der Waals surface area contributed by atoms with E-state index in [0.717, 1.165) is 12.3 Å². The lowest BCUT2D eigenvalue weighted by molar-refractivity contribution is 0.265. The predicted molar refractivity (Wildman–Crippen MR) is 60.2 cm³/mol. The van der Waals surface area contributed by atoms with Gasteiger partial charge in [0.25, 0.3) is 0 Å². The van der Waals surface area contributed by atoms with Crippen LogP contribution in [0.5, 0.6) is 5.88 Å². The van der Waals surface area contributed by atoms with Crippen molar-refractivity contribution in [2.45, 2.75) is 25.3 Å². The highest BCUT2D eigenvalue weighted by Gasteiger charge is 2.22. The Morgan fingerprint density at radius 2 is 2.20 bits per heavy atom. The first kappa shape index (κ1) is 10.4. The molecule has 0 N–H and O–H groups in total. The van der Waals surface area contributed by atoms with Crippen molar-refractivity contribution in [2.24, 2.45) is 0 Å².